The van der Waals surface area contributed by atoms with Gasteiger partial charge >= 0.3 is 0 Å². The Balaban J connectivity index is 1.80. The van der Waals surface area contributed by atoms with Crippen molar-refractivity contribution in [1.29, 1.82) is 0 Å². The van der Waals surface area contributed by atoms with E-state index in [1.165, 1.54) is 6.33 Å². The predicted molar refractivity (Wildman–Crippen MR) is 81.5 cm³/mol. The molecule has 20 heavy (non-hydrogen) atoms. The second-order valence-electron chi connectivity index (χ2n) is 5.20. The topological polar surface area (TPSA) is 61.4 Å². The van der Waals surface area contributed by atoms with Crippen LogP contribution >= 0.6 is 15.9 Å². The van der Waals surface area contributed by atoms with E-state index in [1.807, 2.05) is 0 Å². The monoisotopic (exact) mass is 341 g/mol. The third kappa shape index (κ3) is 4.14. The van der Waals surface area contributed by atoms with Gasteiger partial charge in [-0.05, 0) is 28.8 Å². The van der Waals surface area contributed by atoms with E-state index in [1.54, 1.807) is 25.2 Å². The maximum Gasteiger partial charge on any atom is 0.236 e. The van der Waals surface area contributed by atoms with Crippen LogP contribution in [0.2, 0.25) is 0 Å². The average Bonchev–Trinajstić information content (AvgIpc) is 2.43. The minimum absolute atomic E-state index is 0.162. The number of hydrogen-bond acceptors (Lipinski definition) is 5. The zero-order valence-electron chi connectivity index (χ0n) is 11.8. The maximum absolute atomic E-state index is 11.7. The number of hydrogen-bond donors (Lipinski definition) is 1. The number of anilines is 1. The minimum atomic E-state index is 0.162. The Bertz CT molecular complexity index is 460. The molecule has 1 N–H and O–H groups in total. The summed E-state index contributed by atoms with van der Waals surface area (Å²) in [5.41, 5.74) is 0. The van der Waals surface area contributed by atoms with Crippen molar-refractivity contribution >= 4 is 27.7 Å². The lowest BCUT2D eigenvalue weighted by Gasteiger charge is -2.32. The SMILES string of the molecule is CN(C)C(=O)CN1CCC(Nc2ncncc2Br)CC1. The van der Waals surface area contributed by atoms with Crippen molar-refractivity contribution in [1.82, 2.24) is 19.8 Å². The van der Waals surface area contributed by atoms with Crippen LogP contribution < -0.4 is 5.32 Å². The number of nitrogens with one attached hydrogen (secondary N) is 1. The highest BCUT2D eigenvalue weighted by molar-refractivity contribution is 9.10. The lowest BCUT2D eigenvalue weighted by Crippen LogP contribution is -2.44. The molecular weight excluding hydrogens is 322 g/mol. The predicted octanol–water partition coefficient (Wildman–Crippen LogP) is 1.20. The number of rotatable bonds is 4. The molecule has 1 fully saturated rings. The van der Waals surface area contributed by atoms with Crippen LogP contribution in [0.4, 0.5) is 5.82 Å². The van der Waals surface area contributed by atoms with Gasteiger partial charge in [-0.15, -0.1) is 0 Å². The lowest BCUT2D eigenvalue weighted by atomic mass is 10.1. The molecule has 1 aliphatic rings. The normalized spacial score (nSPS) is 16.9. The number of aromatic nitrogens is 2. The lowest BCUT2D eigenvalue weighted by molar-refractivity contribution is -0.130. The molecule has 110 valence electrons. The van der Waals surface area contributed by atoms with E-state index < -0.39 is 0 Å². The Morgan fingerprint density at radius 3 is 2.80 bits per heavy atom. The van der Waals surface area contributed by atoms with E-state index in [0.717, 1.165) is 36.2 Å². The van der Waals surface area contributed by atoms with E-state index in [0.29, 0.717) is 12.6 Å². The fourth-order valence-corrected chi connectivity index (χ4v) is 2.52. The largest absolute Gasteiger partial charge is 0.366 e. The first-order valence-electron chi connectivity index (χ1n) is 6.71. The zero-order valence-corrected chi connectivity index (χ0v) is 13.4. The van der Waals surface area contributed by atoms with E-state index >= 15 is 0 Å². The molecule has 0 unspecified atom stereocenters. The Labute approximate surface area is 127 Å². The molecule has 1 aromatic heterocycles. The van der Waals surface area contributed by atoms with Crippen LogP contribution in [0.3, 0.4) is 0 Å². The number of likely N-dealkylation sites (N-methyl/N-ethyl adjacent to an activating group) is 1. The van der Waals surface area contributed by atoms with Crippen molar-refractivity contribution in [3.05, 3.63) is 17.0 Å². The summed E-state index contributed by atoms with van der Waals surface area (Å²) >= 11 is 3.44. The van der Waals surface area contributed by atoms with Crippen molar-refractivity contribution in [2.45, 2.75) is 18.9 Å². The number of carbonyl (C=O) groups is 1. The molecule has 1 saturated heterocycles. The van der Waals surface area contributed by atoms with Gasteiger partial charge in [0.05, 0.1) is 11.0 Å². The average molecular weight is 342 g/mol. The molecule has 0 aliphatic carbocycles. The second kappa shape index (κ2) is 6.99. The molecular formula is C13H20BrN5O. The Morgan fingerprint density at radius 1 is 1.50 bits per heavy atom. The van der Waals surface area contributed by atoms with Crippen LogP contribution in [-0.4, -0.2) is 65.4 Å². The molecule has 0 aromatic carbocycles. The molecule has 2 rings (SSSR count). The summed E-state index contributed by atoms with van der Waals surface area (Å²) in [6.45, 7) is 2.37. The molecule has 6 nitrogen and oxygen atoms in total. The van der Waals surface area contributed by atoms with Crippen LogP contribution in [0, 0.1) is 0 Å². The summed E-state index contributed by atoms with van der Waals surface area (Å²) in [6, 6.07) is 0.395. The van der Waals surface area contributed by atoms with Gasteiger partial charge in [0, 0.05) is 39.4 Å². The third-order valence-electron chi connectivity index (χ3n) is 3.45. The van der Waals surface area contributed by atoms with E-state index in [9.17, 15) is 4.79 Å². The van der Waals surface area contributed by atoms with E-state index in [4.69, 9.17) is 0 Å². The molecule has 1 amide bonds. The maximum atomic E-state index is 11.7. The fourth-order valence-electron chi connectivity index (χ4n) is 2.18. The van der Waals surface area contributed by atoms with Crippen molar-refractivity contribution < 1.29 is 4.79 Å². The first-order chi connectivity index (χ1) is 9.56. The van der Waals surface area contributed by atoms with Crippen molar-refractivity contribution in [3.8, 4) is 0 Å². The van der Waals surface area contributed by atoms with Gasteiger partial charge in [-0.1, -0.05) is 0 Å². The van der Waals surface area contributed by atoms with Gasteiger partial charge in [0.1, 0.15) is 12.1 Å². The van der Waals surface area contributed by atoms with Crippen LogP contribution in [0.25, 0.3) is 0 Å². The first kappa shape index (κ1) is 15.2. The van der Waals surface area contributed by atoms with Crippen LogP contribution in [0.5, 0.6) is 0 Å². The van der Waals surface area contributed by atoms with Crippen LogP contribution in [0.15, 0.2) is 17.0 Å². The number of piperidine rings is 1. The van der Waals surface area contributed by atoms with Gasteiger partial charge in [0.15, 0.2) is 0 Å². The number of likely N-dealkylation sites (tertiary alicyclic amines) is 1. The van der Waals surface area contributed by atoms with Crippen LogP contribution in [0.1, 0.15) is 12.8 Å². The smallest absolute Gasteiger partial charge is 0.236 e. The molecule has 7 heteroatoms. The van der Waals surface area contributed by atoms with Gasteiger partial charge in [-0.3, -0.25) is 9.69 Å². The van der Waals surface area contributed by atoms with Crippen molar-refractivity contribution in [2.75, 3.05) is 39.0 Å². The number of amides is 1. The second-order valence-corrected chi connectivity index (χ2v) is 6.06. The van der Waals surface area contributed by atoms with E-state index in [-0.39, 0.29) is 5.91 Å². The molecule has 0 atom stereocenters. The standard InChI is InChI=1S/C13H20BrN5O/c1-18(2)12(20)8-19-5-3-10(4-6-19)17-13-11(14)7-15-9-16-13/h7,9-10H,3-6,8H2,1-2H3,(H,15,16,17). The minimum Gasteiger partial charge on any atom is -0.366 e. The number of nitrogens with zero attached hydrogens (tertiary/aromatic N) is 4. The number of carbonyl (C=O) groups excluding carboxylic acids is 1. The number of halogens is 1. The van der Waals surface area contributed by atoms with Gasteiger partial charge < -0.3 is 10.2 Å². The van der Waals surface area contributed by atoms with Gasteiger partial charge in [-0.25, -0.2) is 9.97 Å². The van der Waals surface area contributed by atoms with Crippen molar-refractivity contribution in [2.24, 2.45) is 0 Å². The summed E-state index contributed by atoms with van der Waals surface area (Å²) in [7, 11) is 3.59. The Kier molecular flexibility index (Phi) is 5.31. The molecule has 0 saturated carbocycles. The summed E-state index contributed by atoms with van der Waals surface area (Å²) in [5.74, 6) is 0.998. The van der Waals surface area contributed by atoms with E-state index in [2.05, 4.69) is 36.1 Å². The Morgan fingerprint density at radius 2 is 2.20 bits per heavy atom. The highest BCUT2D eigenvalue weighted by Crippen LogP contribution is 2.21. The first-order valence-corrected chi connectivity index (χ1v) is 7.50. The van der Waals surface area contributed by atoms with Gasteiger partial charge in [0.25, 0.3) is 0 Å². The molecule has 0 bridgehead atoms. The molecule has 1 aliphatic heterocycles. The molecule has 0 spiro atoms. The molecule has 0 radical (unpaired) electrons. The Hall–Kier alpha value is -1.21. The highest BCUT2D eigenvalue weighted by atomic mass is 79.9. The van der Waals surface area contributed by atoms with Gasteiger partial charge in [-0.2, -0.15) is 0 Å². The zero-order chi connectivity index (χ0) is 14.5. The molecule has 1 aromatic rings. The fraction of sp³-hybridized carbons (Fsp3) is 0.615. The van der Waals surface area contributed by atoms with Gasteiger partial charge in [0.2, 0.25) is 5.91 Å². The van der Waals surface area contributed by atoms with Crippen LogP contribution in [-0.2, 0) is 4.79 Å². The molecule has 2 heterocycles. The summed E-state index contributed by atoms with van der Waals surface area (Å²) in [4.78, 5) is 23.7. The quantitative estimate of drug-likeness (QED) is 0.891. The summed E-state index contributed by atoms with van der Waals surface area (Å²) in [6.07, 6.45) is 5.30. The highest BCUT2D eigenvalue weighted by Gasteiger charge is 2.21. The summed E-state index contributed by atoms with van der Waals surface area (Å²) < 4.78 is 0.880. The third-order valence-corrected chi connectivity index (χ3v) is 4.03. The van der Waals surface area contributed by atoms with Crippen molar-refractivity contribution in [3.63, 3.8) is 0 Å². The summed E-state index contributed by atoms with van der Waals surface area (Å²) in [5, 5.41) is 3.43.